The van der Waals surface area contributed by atoms with E-state index in [-0.39, 0.29) is 16.7 Å². The standard InChI is InChI=1S/C15H9BrFNO2/c16-10-7-9(5-6-11(10)17)13(19)8-15-18-12-3-1-2-4-14(12)20-15/h1-7H,8H2. The van der Waals surface area contributed by atoms with Crippen molar-refractivity contribution in [3.05, 3.63) is 64.2 Å². The molecule has 0 unspecified atom stereocenters. The van der Waals surface area contributed by atoms with Crippen LogP contribution in [0.5, 0.6) is 0 Å². The first kappa shape index (κ1) is 13.0. The average molecular weight is 334 g/mol. The number of nitrogens with zero attached hydrogens (tertiary/aromatic N) is 1. The molecule has 3 nitrogen and oxygen atoms in total. The fourth-order valence-electron chi connectivity index (χ4n) is 1.90. The van der Waals surface area contributed by atoms with E-state index in [9.17, 15) is 9.18 Å². The number of hydrogen-bond acceptors (Lipinski definition) is 3. The van der Waals surface area contributed by atoms with Gasteiger partial charge in [-0.1, -0.05) is 12.1 Å². The number of carbonyl (C=O) groups is 1. The highest BCUT2D eigenvalue weighted by molar-refractivity contribution is 9.10. The Balaban J connectivity index is 1.86. The summed E-state index contributed by atoms with van der Waals surface area (Å²) >= 11 is 3.06. The second-order valence-corrected chi connectivity index (χ2v) is 5.16. The minimum absolute atomic E-state index is 0.0484. The third kappa shape index (κ3) is 2.49. The van der Waals surface area contributed by atoms with Crippen molar-refractivity contribution in [3.63, 3.8) is 0 Å². The zero-order valence-corrected chi connectivity index (χ0v) is 11.9. The number of halogens is 2. The molecule has 0 N–H and O–H groups in total. The van der Waals surface area contributed by atoms with Crippen LogP contribution in [0.15, 0.2) is 51.4 Å². The predicted molar refractivity (Wildman–Crippen MR) is 76.1 cm³/mol. The van der Waals surface area contributed by atoms with Crippen LogP contribution in [0.25, 0.3) is 11.1 Å². The number of aromatic nitrogens is 1. The van der Waals surface area contributed by atoms with Gasteiger partial charge in [-0.3, -0.25) is 4.79 Å². The zero-order chi connectivity index (χ0) is 14.1. The number of benzene rings is 2. The topological polar surface area (TPSA) is 43.1 Å². The predicted octanol–water partition coefficient (Wildman–Crippen LogP) is 4.15. The molecule has 0 fully saturated rings. The Bertz CT molecular complexity index is 764. The number of oxazole rings is 1. The van der Waals surface area contributed by atoms with Gasteiger partial charge in [0.15, 0.2) is 11.4 Å². The Morgan fingerprint density at radius 2 is 2.05 bits per heavy atom. The minimum Gasteiger partial charge on any atom is -0.440 e. The number of rotatable bonds is 3. The molecule has 0 spiro atoms. The Morgan fingerprint density at radius 3 is 2.80 bits per heavy atom. The van der Waals surface area contributed by atoms with Gasteiger partial charge in [0.1, 0.15) is 11.3 Å². The van der Waals surface area contributed by atoms with Crippen molar-refractivity contribution < 1.29 is 13.6 Å². The molecular weight excluding hydrogens is 325 g/mol. The van der Waals surface area contributed by atoms with Crippen molar-refractivity contribution in [2.45, 2.75) is 6.42 Å². The third-order valence-electron chi connectivity index (χ3n) is 2.89. The molecule has 1 aromatic heterocycles. The molecule has 0 aliphatic heterocycles. The van der Waals surface area contributed by atoms with Crippen LogP contribution in [0, 0.1) is 5.82 Å². The van der Waals surface area contributed by atoms with Crippen LogP contribution in [0.4, 0.5) is 4.39 Å². The highest BCUT2D eigenvalue weighted by atomic mass is 79.9. The van der Waals surface area contributed by atoms with Gasteiger partial charge in [-0.15, -0.1) is 0 Å². The first-order valence-corrected chi connectivity index (χ1v) is 6.75. The fourth-order valence-corrected chi connectivity index (χ4v) is 2.28. The first-order chi connectivity index (χ1) is 9.63. The molecule has 0 amide bonds. The summed E-state index contributed by atoms with van der Waals surface area (Å²) in [5, 5.41) is 0. The van der Waals surface area contributed by atoms with Crippen LogP contribution in [0.1, 0.15) is 16.2 Å². The summed E-state index contributed by atoms with van der Waals surface area (Å²) in [7, 11) is 0. The molecule has 5 heteroatoms. The summed E-state index contributed by atoms with van der Waals surface area (Å²) in [6, 6.07) is 11.5. The summed E-state index contributed by atoms with van der Waals surface area (Å²) in [6.45, 7) is 0. The zero-order valence-electron chi connectivity index (χ0n) is 10.3. The summed E-state index contributed by atoms with van der Waals surface area (Å²) in [4.78, 5) is 16.4. The van der Waals surface area contributed by atoms with E-state index in [4.69, 9.17) is 4.42 Å². The van der Waals surface area contributed by atoms with Gasteiger partial charge in [-0.25, -0.2) is 9.37 Å². The Kier molecular flexibility index (Phi) is 3.36. The maximum atomic E-state index is 13.1. The number of para-hydroxylation sites is 2. The van der Waals surface area contributed by atoms with E-state index in [1.54, 1.807) is 6.07 Å². The highest BCUT2D eigenvalue weighted by Gasteiger charge is 2.13. The number of fused-ring (bicyclic) bond motifs is 1. The monoisotopic (exact) mass is 333 g/mol. The van der Waals surface area contributed by atoms with Crippen LogP contribution in [-0.2, 0) is 6.42 Å². The van der Waals surface area contributed by atoms with Crippen molar-refractivity contribution in [2.24, 2.45) is 0 Å². The molecule has 0 saturated carbocycles. The van der Waals surface area contributed by atoms with E-state index < -0.39 is 5.82 Å². The van der Waals surface area contributed by atoms with Gasteiger partial charge in [0.2, 0.25) is 5.89 Å². The van der Waals surface area contributed by atoms with E-state index in [1.165, 1.54) is 18.2 Å². The summed E-state index contributed by atoms with van der Waals surface area (Å²) < 4.78 is 18.9. The molecule has 0 aliphatic rings. The van der Waals surface area contributed by atoms with Crippen LogP contribution in [0.3, 0.4) is 0 Å². The maximum Gasteiger partial charge on any atom is 0.203 e. The largest absolute Gasteiger partial charge is 0.440 e. The quantitative estimate of drug-likeness (QED) is 0.676. The molecule has 3 aromatic rings. The van der Waals surface area contributed by atoms with Crippen molar-refractivity contribution in [2.75, 3.05) is 0 Å². The van der Waals surface area contributed by atoms with E-state index in [0.717, 1.165) is 5.52 Å². The van der Waals surface area contributed by atoms with E-state index in [1.807, 2.05) is 18.2 Å². The maximum absolute atomic E-state index is 13.1. The van der Waals surface area contributed by atoms with Gasteiger partial charge in [-0.05, 0) is 46.3 Å². The van der Waals surface area contributed by atoms with E-state index >= 15 is 0 Å². The van der Waals surface area contributed by atoms with E-state index in [2.05, 4.69) is 20.9 Å². The second kappa shape index (κ2) is 5.17. The lowest BCUT2D eigenvalue weighted by molar-refractivity contribution is 0.0986. The molecule has 0 atom stereocenters. The number of Topliss-reactive ketones (excluding diaryl/α,β-unsaturated/α-hetero) is 1. The smallest absolute Gasteiger partial charge is 0.203 e. The lowest BCUT2D eigenvalue weighted by atomic mass is 10.1. The van der Waals surface area contributed by atoms with Gasteiger partial charge in [0, 0.05) is 5.56 Å². The molecular formula is C15H9BrFNO2. The third-order valence-corrected chi connectivity index (χ3v) is 3.50. The van der Waals surface area contributed by atoms with Gasteiger partial charge in [0.25, 0.3) is 0 Å². The summed E-state index contributed by atoms with van der Waals surface area (Å²) in [5.41, 5.74) is 1.78. The number of carbonyl (C=O) groups excluding carboxylic acids is 1. The molecule has 20 heavy (non-hydrogen) atoms. The van der Waals surface area contributed by atoms with Crippen molar-refractivity contribution in [1.82, 2.24) is 4.98 Å². The Labute approximate surface area is 122 Å². The SMILES string of the molecule is O=C(Cc1nc2ccccc2o1)c1ccc(F)c(Br)c1. The van der Waals surface area contributed by atoms with Gasteiger partial charge in [-0.2, -0.15) is 0 Å². The molecule has 1 heterocycles. The normalized spacial score (nSPS) is 10.9. The van der Waals surface area contributed by atoms with Crippen molar-refractivity contribution in [3.8, 4) is 0 Å². The molecule has 0 aliphatic carbocycles. The average Bonchev–Trinajstić information content (AvgIpc) is 2.83. The molecule has 3 rings (SSSR count). The lowest BCUT2D eigenvalue weighted by Crippen LogP contribution is -2.04. The van der Waals surface area contributed by atoms with Crippen LogP contribution < -0.4 is 0 Å². The van der Waals surface area contributed by atoms with Gasteiger partial charge < -0.3 is 4.42 Å². The second-order valence-electron chi connectivity index (χ2n) is 4.30. The number of hydrogen-bond donors (Lipinski definition) is 0. The molecule has 0 bridgehead atoms. The van der Waals surface area contributed by atoms with Gasteiger partial charge in [0.05, 0.1) is 10.9 Å². The van der Waals surface area contributed by atoms with Crippen molar-refractivity contribution in [1.29, 1.82) is 0 Å². The Hall–Kier alpha value is -2.01. The van der Waals surface area contributed by atoms with Crippen molar-refractivity contribution >= 4 is 32.8 Å². The molecule has 2 aromatic carbocycles. The first-order valence-electron chi connectivity index (χ1n) is 5.96. The van der Waals surface area contributed by atoms with Crippen LogP contribution in [-0.4, -0.2) is 10.8 Å². The van der Waals surface area contributed by atoms with Crippen LogP contribution in [0.2, 0.25) is 0 Å². The molecule has 0 saturated heterocycles. The minimum atomic E-state index is -0.400. The Morgan fingerprint density at radius 1 is 1.25 bits per heavy atom. The van der Waals surface area contributed by atoms with E-state index in [0.29, 0.717) is 17.0 Å². The van der Waals surface area contributed by atoms with Gasteiger partial charge >= 0.3 is 0 Å². The molecule has 0 radical (unpaired) electrons. The summed E-state index contributed by atoms with van der Waals surface area (Å²) in [6.07, 6.45) is 0.0484. The number of ketones is 1. The highest BCUT2D eigenvalue weighted by Crippen LogP contribution is 2.19. The van der Waals surface area contributed by atoms with Crippen LogP contribution >= 0.6 is 15.9 Å². The summed E-state index contributed by atoms with van der Waals surface area (Å²) in [5.74, 6) is -0.211. The lowest BCUT2D eigenvalue weighted by Gasteiger charge is -2.00. The fraction of sp³-hybridized carbons (Fsp3) is 0.0667. The molecule has 100 valence electrons.